The first-order chi connectivity index (χ1) is 9.24. The minimum Gasteiger partial charge on any atom is -0.359 e. The van der Waals surface area contributed by atoms with Crippen LogP contribution in [0.4, 0.5) is 5.82 Å². The maximum absolute atomic E-state index is 4.56. The van der Waals surface area contributed by atoms with E-state index in [1.54, 1.807) is 6.20 Å². The fraction of sp³-hybridized carbons (Fsp3) is 0.154. The first-order valence-electron chi connectivity index (χ1n) is 5.91. The van der Waals surface area contributed by atoms with Gasteiger partial charge in [-0.25, -0.2) is 15.0 Å². The van der Waals surface area contributed by atoms with Crippen LogP contribution in [0.3, 0.4) is 0 Å². The van der Waals surface area contributed by atoms with Crippen LogP contribution in [-0.4, -0.2) is 19.9 Å². The van der Waals surface area contributed by atoms with Crippen molar-refractivity contribution in [1.82, 2.24) is 19.9 Å². The second kappa shape index (κ2) is 4.97. The third-order valence-electron chi connectivity index (χ3n) is 2.84. The third kappa shape index (κ3) is 2.44. The van der Waals surface area contributed by atoms with E-state index in [4.69, 9.17) is 0 Å². The zero-order chi connectivity index (χ0) is 13.2. The number of halogens is 1. The molecule has 0 saturated heterocycles. The average molecular weight is 318 g/mol. The van der Waals surface area contributed by atoms with Gasteiger partial charge >= 0.3 is 0 Å². The second-order valence-electron chi connectivity index (χ2n) is 4.22. The van der Waals surface area contributed by atoms with E-state index in [9.17, 15) is 0 Å². The lowest BCUT2D eigenvalue weighted by atomic mass is 10.3. The van der Waals surface area contributed by atoms with E-state index in [1.165, 1.54) is 6.33 Å². The number of aromatic nitrogens is 4. The highest BCUT2D eigenvalue weighted by Gasteiger charge is 2.12. The molecule has 1 atom stereocenters. The van der Waals surface area contributed by atoms with Crippen LogP contribution in [0.5, 0.6) is 0 Å². The molecule has 2 aromatic heterocycles. The van der Waals surface area contributed by atoms with Crippen molar-refractivity contribution in [3.8, 4) is 0 Å². The van der Waals surface area contributed by atoms with Crippen molar-refractivity contribution < 1.29 is 0 Å². The van der Waals surface area contributed by atoms with Crippen LogP contribution in [0.15, 0.2) is 41.3 Å². The fourth-order valence-corrected chi connectivity index (χ4v) is 2.20. The molecule has 6 heteroatoms. The van der Waals surface area contributed by atoms with Crippen LogP contribution in [0.25, 0.3) is 11.0 Å². The van der Waals surface area contributed by atoms with Gasteiger partial charge in [0.25, 0.3) is 0 Å². The van der Waals surface area contributed by atoms with Crippen molar-refractivity contribution in [2.45, 2.75) is 13.0 Å². The van der Waals surface area contributed by atoms with E-state index in [0.29, 0.717) is 0 Å². The highest BCUT2D eigenvalue weighted by atomic mass is 79.9. The summed E-state index contributed by atoms with van der Waals surface area (Å²) in [5.74, 6) is 1.63. The lowest BCUT2D eigenvalue weighted by molar-refractivity contribution is 0.806. The first kappa shape index (κ1) is 12.1. The van der Waals surface area contributed by atoms with Crippen molar-refractivity contribution in [2.75, 3.05) is 5.32 Å². The van der Waals surface area contributed by atoms with Crippen LogP contribution in [0.2, 0.25) is 0 Å². The molecule has 0 bridgehead atoms. The van der Waals surface area contributed by atoms with Crippen LogP contribution >= 0.6 is 15.9 Å². The molecule has 0 saturated carbocycles. The largest absolute Gasteiger partial charge is 0.359 e. The molecule has 2 N–H and O–H groups in total. The van der Waals surface area contributed by atoms with Crippen LogP contribution in [0.1, 0.15) is 18.8 Å². The normalized spacial score (nSPS) is 12.5. The summed E-state index contributed by atoms with van der Waals surface area (Å²) in [6.45, 7) is 2.03. The lowest BCUT2D eigenvalue weighted by Crippen LogP contribution is -2.10. The van der Waals surface area contributed by atoms with E-state index in [-0.39, 0.29) is 6.04 Å². The molecular formula is C13H12BrN5. The van der Waals surface area contributed by atoms with Gasteiger partial charge < -0.3 is 10.3 Å². The molecule has 19 heavy (non-hydrogen) atoms. The van der Waals surface area contributed by atoms with Crippen molar-refractivity contribution in [3.63, 3.8) is 0 Å². The van der Waals surface area contributed by atoms with Gasteiger partial charge in [0.05, 0.1) is 21.5 Å². The molecule has 2 heterocycles. The smallest absolute Gasteiger partial charge is 0.144 e. The zero-order valence-corrected chi connectivity index (χ0v) is 11.8. The van der Waals surface area contributed by atoms with Gasteiger partial charge in [-0.2, -0.15) is 0 Å². The van der Waals surface area contributed by atoms with Crippen LogP contribution < -0.4 is 5.32 Å². The van der Waals surface area contributed by atoms with Crippen molar-refractivity contribution in [1.29, 1.82) is 0 Å². The molecule has 0 amide bonds. The highest BCUT2D eigenvalue weighted by molar-refractivity contribution is 9.10. The summed E-state index contributed by atoms with van der Waals surface area (Å²) < 4.78 is 0.831. The SMILES string of the molecule is C[C@H](Nc1ncncc1Br)c1nc2ccccc2[nH]1. The van der Waals surface area contributed by atoms with Gasteiger partial charge in [0, 0.05) is 6.20 Å². The Morgan fingerprint density at radius 3 is 2.95 bits per heavy atom. The predicted octanol–water partition coefficient (Wildman–Crippen LogP) is 3.29. The van der Waals surface area contributed by atoms with E-state index in [1.807, 2.05) is 31.2 Å². The van der Waals surface area contributed by atoms with Crippen LogP contribution in [-0.2, 0) is 0 Å². The average Bonchev–Trinajstić information content (AvgIpc) is 2.85. The maximum Gasteiger partial charge on any atom is 0.144 e. The number of rotatable bonds is 3. The molecule has 0 unspecified atom stereocenters. The summed E-state index contributed by atoms with van der Waals surface area (Å²) in [6.07, 6.45) is 3.22. The Labute approximate surface area is 118 Å². The van der Waals surface area contributed by atoms with Gasteiger partial charge in [-0.1, -0.05) is 12.1 Å². The number of aromatic amines is 1. The lowest BCUT2D eigenvalue weighted by Gasteiger charge is -2.12. The van der Waals surface area contributed by atoms with E-state index >= 15 is 0 Å². The first-order valence-corrected chi connectivity index (χ1v) is 6.70. The quantitative estimate of drug-likeness (QED) is 0.778. The number of H-pyrrole nitrogens is 1. The molecule has 0 aliphatic carbocycles. The van der Waals surface area contributed by atoms with E-state index in [2.05, 4.69) is 41.2 Å². The van der Waals surface area contributed by atoms with Gasteiger partial charge in [0.15, 0.2) is 0 Å². The minimum atomic E-state index is 0.0265. The zero-order valence-electron chi connectivity index (χ0n) is 10.3. The van der Waals surface area contributed by atoms with E-state index in [0.717, 1.165) is 27.1 Å². The minimum absolute atomic E-state index is 0.0265. The Morgan fingerprint density at radius 1 is 1.32 bits per heavy atom. The molecule has 96 valence electrons. The number of nitrogens with zero attached hydrogens (tertiary/aromatic N) is 3. The molecule has 3 aromatic rings. The number of imidazole rings is 1. The third-order valence-corrected chi connectivity index (χ3v) is 3.42. The Hall–Kier alpha value is -1.95. The summed E-state index contributed by atoms with van der Waals surface area (Å²) in [5.41, 5.74) is 2.00. The van der Waals surface area contributed by atoms with Crippen molar-refractivity contribution in [3.05, 3.63) is 47.1 Å². The summed E-state index contributed by atoms with van der Waals surface area (Å²) in [4.78, 5) is 16.0. The number of hydrogen-bond donors (Lipinski definition) is 2. The number of para-hydroxylation sites is 2. The van der Waals surface area contributed by atoms with Gasteiger partial charge in [-0.15, -0.1) is 0 Å². The molecule has 0 aliphatic rings. The summed E-state index contributed by atoms with van der Waals surface area (Å²) in [5, 5.41) is 3.30. The molecule has 0 spiro atoms. The van der Waals surface area contributed by atoms with E-state index < -0.39 is 0 Å². The monoisotopic (exact) mass is 317 g/mol. The number of benzene rings is 1. The fourth-order valence-electron chi connectivity index (χ4n) is 1.87. The number of hydrogen-bond acceptors (Lipinski definition) is 4. The van der Waals surface area contributed by atoms with Gasteiger partial charge in [0.1, 0.15) is 18.0 Å². The predicted molar refractivity (Wildman–Crippen MR) is 77.9 cm³/mol. The summed E-state index contributed by atoms with van der Waals surface area (Å²) in [7, 11) is 0. The van der Waals surface area contributed by atoms with Gasteiger partial charge in [-0.05, 0) is 35.0 Å². The molecule has 0 aliphatic heterocycles. The molecule has 1 aromatic carbocycles. The summed E-state index contributed by atoms with van der Waals surface area (Å²) in [6, 6.07) is 8.00. The molecule has 0 fully saturated rings. The molecular weight excluding hydrogens is 306 g/mol. The topological polar surface area (TPSA) is 66.5 Å². The maximum atomic E-state index is 4.56. The molecule has 0 radical (unpaired) electrons. The van der Waals surface area contributed by atoms with Crippen LogP contribution in [0, 0.1) is 0 Å². The number of nitrogens with one attached hydrogen (secondary N) is 2. The second-order valence-corrected chi connectivity index (χ2v) is 5.08. The molecule has 5 nitrogen and oxygen atoms in total. The Kier molecular flexibility index (Phi) is 3.16. The van der Waals surface area contributed by atoms with Crippen molar-refractivity contribution in [2.24, 2.45) is 0 Å². The standard InChI is InChI=1S/C13H12BrN5/c1-8(17-13-9(14)6-15-7-16-13)12-18-10-4-2-3-5-11(10)19-12/h2-8H,1H3,(H,18,19)(H,15,16,17)/t8-/m0/s1. The number of fused-ring (bicyclic) bond motifs is 1. The van der Waals surface area contributed by atoms with Gasteiger partial charge in [-0.3, -0.25) is 0 Å². The highest BCUT2D eigenvalue weighted by Crippen LogP contribution is 2.23. The Balaban J connectivity index is 1.87. The number of anilines is 1. The Bertz CT molecular complexity index is 676. The molecule has 3 rings (SSSR count). The Morgan fingerprint density at radius 2 is 2.16 bits per heavy atom. The summed E-state index contributed by atoms with van der Waals surface area (Å²) >= 11 is 3.41. The van der Waals surface area contributed by atoms with Crippen molar-refractivity contribution >= 4 is 32.8 Å². The van der Waals surface area contributed by atoms with Gasteiger partial charge in [0.2, 0.25) is 0 Å².